The first-order valence-corrected chi connectivity index (χ1v) is 8.24. The SMILES string of the molecule is COc1ccccc1[C@H](CNC(=O)c1ccc(Cl)c([N+](=O)[O-])c1)N(C)C. The molecule has 0 aliphatic heterocycles. The second kappa shape index (κ2) is 8.64. The van der Waals surface area contributed by atoms with Crippen molar-refractivity contribution in [1.29, 1.82) is 0 Å². The van der Waals surface area contributed by atoms with Crippen molar-refractivity contribution in [3.05, 3.63) is 68.7 Å². The van der Waals surface area contributed by atoms with E-state index in [4.69, 9.17) is 16.3 Å². The van der Waals surface area contributed by atoms with Crippen molar-refractivity contribution in [3.63, 3.8) is 0 Å². The molecule has 1 atom stereocenters. The van der Waals surface area contributed by atoms with Gasteiger partial charge < -0.3 is 15.0 Å². The predicted octanol–water partition coefficient (Wildman–Crippen LogP) is 3.29. The van der Waals surface area contributed by atoms with Crippen molar-refractivity contribution in [1.82, 2.24) is 10.2 Å². The third-order valence-electron chi connectivity index (χ3n) is 3.98. The molecule has 0 aromatic heterocycles. The fraction of sp³-hybridized carbons (Fsp3) is 0.278. The molecule has 0 saturated heterocycles. The number of hydrogen-bond donors (Lipinski definition) is 1. The Labute approximate surface area is 156 Å². The van der Waals surface area contributed by atoms with Crippen LogP contribution in [-0.2, 0) is 0 Å². The molecular formula is C18H20ClN3O4. The Kier molecular flexibility index (Phi) is 6.54. The van der Waals surface area contributed by atoms with Crippen molar-refractivity contribution in [2.24, 2.45) is 0 Å². The highest BCUT2D eigenvalue weighted by Gasteiger charge is 2.21. The van der Waals surface area contributed by atoms with Crippen LogP contribution in [0.1, 0.15) is 22.0 Å². The van der Waals surface area contributed by atoms with Crippen LogP contribution in [0.3, 0.4) is 0 Å². The molecule has 1 amide bonds. The quantitative estimate of drug-likeness (QED) is 0.591. The van der Waals surface area contributed by atoms with Crippen molar-refractivity contribution in [2.75, 3.05) is 27.7 Å². The molecule has 0 heterocycles. The minimum atomic E-state index is -0.615. The maximum atomic E-state index is 12.4. The van der Waals surface area contributed by atoms with E-state index in [0.29, 0.717) is 6.54 Å². The van der Waals surface area contributed by atoms with Gasteiger partial charge in [-0.25, -0.2) is 0 Å². The highest BCUT2D eigenvalue weighted by Crippen LogP contribution is 2.28. The number of methoxy groups -OCH3 is 1. The van der Waals surface area contributed by atoms with Gasteiger partial charge in [0.15, 0.2) is 0 Å². The number of nitro benzene ring substituents is 1. The summed E-state index contributed by atoms with van der Waals surface area (Å²) in [6, 6.07) is 11.4. The Morgan fingerprint density at radius 1 is 1.31 bits per heavy atom. The molecule has 2 aromatic rings. The zero-order chi connectivity index (χ0) is 19.3. The average molecular weight is 378 g/mol. The van der Waals surface area contributed by atoms with Gasteiger partial charge in [0.25, 0.3) is 11.6 Å². The van der Waals surface area contributed by atoms with Gasteiger partial charge in [-0.3, -0.25) is 14.9 Å². The van der Waals surface area contributed by atoms with E-state index in [0.717, 1.165) is 11.3 Å². The molecule has 2 aromatic carbocycles. The number of rotatable bonds is 7. The highest BCUT2D eigenvalue weighted by atomic mass is 35.5. The Bertz CT molecular complexity index is 811. The molecular weight excluding hydrogens is 358 g/mol. The smallest absolute Gasteiger partial charge is 0.288 e. The summed E-state index contributed by atoms with van der Waals surface area (Å²) in [4.78, 5) is 24.7. The zero-order valence-electron chi connectivity index (χ0n) is 14.7. The number of amides is 1. The number of hydrogen-bond acceptors (Lipinski definition) is 5. The number of nitrogens with zero attached hydrogens (tertiary/aromatic N) is 2. The maximum Gasteiger partial charge on any atom is 0.288 e. The van der Waals surface area contributed by atoms with Crippen LogP contribution in [0.4, 0.5) is 5.69 Å². The molecule has 8 heteroatoms. The fourth-order valence-electron chi connectivity index (χ4n) is 2.60. The number of para-hydroxylation sites is 1. The molecule has 138 valence electrons. The molecule has 0 spiro atoms. The molecule has 0 bridgehead atoms. The van der Waals surface area contributed by atoms with Crippen molar-refractivity contribution in [2.45, 2.75) is 6.04 Å². The number of carbonyl (C=O) groups excluding carboxylic acids is 1. The van der Waals surface area contributed by atoms with Crippen LogP contribution in [0.15, 0.2) is 42.5 Å². The van der Waals surface area contributed by atoms with Crippen molar-refractivity contribution in [3.8, 4) is 5.75 Å². The second-order valence-electron chi connectivity index (χ2n) is 5.85. The highest BCUT2D eigenvalue weighted by molar-refractivity contribution is 6.32. The molecule has 0 aliphatic carbocycles. The van der Waals surface area contributed by atoms with Crippen molar-refractivity contribution < 1.29 is 14.5 Å². The summed E-state index contributed by atoms with van der Waals surface area (Å²) in [6.45, 7) is 0.308. The number of likely N-dealkylation sites (N-methyl/N-ethyl adjacent to an activating group) is 1. The first kappa shape index (κ1) is 19.7. The lowest BCUT2D eigenvalue weighted by molar-refractivity contribution is -0.384. The number of halogens is 1. The summed E-state index contributed by atoms with van der Waals surface area (Å²) in [5.74, 6) is 0.314. The molecule has 0 aliphatic rings. The fourth-order valence-corrected chi connectivity index (χ4v) is 2.78. The standard InChI is InChI=1S/C18H20ClN3O4/c1-21(2)16(13-6-4-5-7-17(13)26-3)11-20-18(23)12-8-9-14(19)15(10-12)22(24)25/h4-10,16H,11H2,1-3H3,(H,20,23)/t16-/m0/s1. The number of nitro groups is 1. The number of carbonyl (C=O) groups is 1. The first-order chi connectivity index (χ1) is 12.3. The van der Waals surface area contributed by atoms with E-state index in [9.17, 15) is 14.9 Å². The van der Waals surface area contributed by atoms with Gasteiger partial charge >= 0.3 is 0 Å². The summed E-state index contributed by atoms with van der Waals surface area (Å²) in [5.41, 5.74) is 0.814. The molecule has 0 saturated carbocycles. The normalized spacial score (nSPS) is 11.9. The summed E-state index contributed by atoms with van der Waals surface area (Å²) >= 11 is 5.78. The average Bonchev–Trinajstić information content (AvgIpc) is 2.61. The maximum absolute atomic E-state index is 12.4. The third kappa shape index (κ3) is 4.50. The van der Waals surface area contributed by atoms with E-state index < -0.39 is 10.8 Å². The molecule has 2 rings (SSSR count). The van der Waals surface area contributed by atoms with Gasteiger partial charge in [0.2, 0.25) is 0 Å². The minimum Gasteiger partial charge on any atom is -0.496 e. The topological polar surface area (TPSA) is 84.7 Å². The molecule has 0 radical (unpaired) electrons. The Balaban J connectivity index is 2.18. The Morgan fingerprint density at radius 3 is 2.62 bits per heavy atom. The largest absolute Gasteiger partial charge is 0.496 e. The van der Waals surface area contributed by atoms with Gasteiger partial charge in [-0.15, -0.1) is 0 Å². The molecule has 26 heavy (non-hydrogen) atoms. The van der Waals surface area contributed by atoms with Gasteiger partial charge in [-0.05, 0) is 32.3 Å². The monoisotopic (exact) mass is 377 g/mol. The van der Waals surface area contributed by atoms with Crippen LogP contribution in [-0.4, -0.2) is 43.5 Å². The van der Waals surface area contributed by atoms with Gasteiger partial charge in [0.05, 0.1) is 18.1 Å². The molecule has 1 N–H and O–H groups in total. The number of ether oxygens (including phenoxy) is 1. The second-order valence-corrected chi connectivity index (χ2v) is 6.26. The lowest BCUT2D eigenvalue weighted by Gasteiger charge is -2.26. The van der Waals surface area contributed by atoms with Crippen LogP contribution in [0.2, 0.25) is 5.02 Å². The van der Waals surface area contributed by atoms with Gasteiger partial charge in [0.1, 0.15) is 10.8 Å². The summed E-state index contributed by atoms with van der Waals surface area (Å²) < 4.78 is 5.39. The summed E-state index contributed by atoms with van der Waals surface area (Å²) in [5, 5.41) is 13.8. The van der Waals surface area contributed by atoms with Gasteiger partial charge in [-0.2, -0.15) is 0 Å². The van der Waals surface area contributed by atoms with Crippen molar-refractivity contribution >= 4 is 23.2 Å². The van der Waals surface area contributed by atoms with E-state index in [1.54, 1.807) is 7.11 Å². The number of benzene rings is 2. The summed E-state index contributed by atoms with van der Waals surface area (Å²) in [6.07, 6.45) is 0. The van der Waals surface area contributed by atoms with Gasteiger partial charge in [0, 0.05) is 23.7 Å². The first-order valence-electron chi connectivity index (χ1n) is 7.86. The van der Waals surface area contributed by atoms with Crippen LogP contribution < -0.4 is 10.1 Å². The van der Waals surface area contributed by atoms with E-state index >= 15 is 0 Å². The van der Waals surface area contributed by atoms with E-state index in [-0.39, 0.29) is 22.3 Å². The third-order valence-corrected chi connectivity index (χ3v) is 4.30. The van der Waals surface area contributed by atoms with Gasteiger partial charge in [-0.1, -0.05) is 29.8 Å². The van der Waals surface area contributed by atoms with E-state index in [2.05, 4.69) is 5.32 Å². The molecule has 7 nitrogen and oxygen atoms in total. The molecule has 0 fully saturated rings. The predicted molar refractivity (Wildman–Crippen MR) is 99.9 cm³/mol. The number of nitrogens with one attached hydrogen (secondary N) is 1. The van der Waals surface area contributed by atoms with Crippen LogP contribution in [0.25, 0.3) is 0 Å². The zero-order valence-corrected chi connectivity index (χ0v) is 15.5. The summed E-state index contributed by atoms with van der Waals surface area (Å²) in [7, 11) is 5.39. The Hall–Kier alpha value is -2.64. The minimum absolute atomic E-state index is 0.00765. The van der Waals surface area contributed by atoms with E-state index in [1.165, 1.54) is 18.2 Å². The van der Waals surface area contributed by atoms with Crippen LogP contribution in [0, 0.1) is 10.1 Å². The Morgan fingerprint density at radius 2 is 2.00 bits per heavy atom. The molecule has 0 unspecified atom stereocenters. The van der Waals surface area contributed by atoms with Crippen LogP contribution >= 0.6 is 11.6 Å². The lowest BCUT2D eigenvalue weighted by atomic mass is 10.0. The van der Waals surface area contributed by atoms with Crippen LogP contribution in [0.5, 0.6) is 5.75 Å². The lowest BCUT2D eigenvalue weighted by Crippen LogP contribution is -2.34. The van der Waals surface area contributed by atoms with E-state index in [1.807, 2.05) is 43.3 Å².